The summed E-state index contributed by atoms with van der Waals surface area (Å²) in [6.07, 6.45) is 2.29. The monoisotopic (exact) mass is 233 g/mol. The summed E-state index contributed by atoms with van der Waals surface area (Å²) in [6, 6.07) is 10.1. The zero-order valence-electron chi connectivity index (χ0n) is 8.26. The number of carbonyl (C=O) groups is 1. The van der Waals surface area contributed by atoms with E-state index in [0.29, 0.717) is 22.2 Å². The fourth-order valence-electron chi connectivity index (χ4n) is 1.16. The fourth-order valence-corrected chi connectivity index (χ4v) is 1.27. The van der Waals surface area contributed by atoms with Crippen LogP contribution in [0.15, 0.2) is 42.6 Å². The van der Waals surface area contributed by atoms with Gasteiger partial charge in [0.25, 0.3) is 0 Å². The second-order valence-electron chi connectivity index (χ2n) is 3.10. The summed E-state index contributed by atoms with van der Waals surface area (Å²) < 4.78 is 5.45. The molecule has 1 aromatic heterocycles. The van der Waals surface area contributed by atoms with Crippen LogP contribution >= 0.6 is 11.6 Å². The Morgan fingerprint density at radius 3 is 2.44 bits per heavy atom. The maximum atomic E-state index is 10.4. The van der Waals surface area contributed by atoms with E-state index in [0.717, 1.165) is 6.29 Å². The molecule has 0 radical (unpaired) electrons. The lowest BCUT2D eigenvalue weighted by Gasteiger charge is -2.04. The van der Waals surface area contributed by atoms with Crippen LogP contribution in [0.1, 0.15) is 10.4 Å². The van der Waals surface area contributed by atoms with Gasteiger partial charge in [-0.25, -0.2) is 4.98 Å². The van der Waals surface area contributed by atoms with E-state index in [2.05, 4.69) is 4.98 Å². The van der Waals surface area contributed by atoms with Gasteiger partial charge in [-0.3, -0.25) is 4.79 Å². The first-order chi connectivity index (χ1) is 7.78. The molecule has 0 fully saturated rings. The Balaban J connectivity index is 2.14. The van der Waals surface area contributed by atoms with Crippen molar-refractivity contribution in [1.82, 2.24) is 4.98 Å². The molecule has 80 valence electrons. The van der Waals surface area contributed by atoms with Crippen molar-refractivity contribution in [3.63, 3.8) is 0 Å². The first-order valence-electron chi connectivity index (χ1n) is 4.62. The highest BCUT2D eigenvalue weighted by Gasteiger charge is 1.98. The summed E-state index contributed by atoms with van der Waals surface area (Å²) in [4.78, 5) is 14.4. The van der Waals surface area contributed by atoms with Crippen molar-refractivity contribution in [2.24, 2.45) is 0 Å². The number of carbonyl (C=O) groups excluding carboxylic acids is 1. The molecular formula is C12H8ClNO2. The number of aldehydes is 1. The number of pyridine rings is 1. The first-order valence-corrected chi connectivity index (χ1v) is 5.00. The molecule has 0 spiro atoms. The largest absolute Gasteiger partial charge is 0.439 e. The quantitative estimate of drug-likeness (QED) is 0.764. The van der Waals surface area contributed by atoms with Crippen molar-refractivity contribution in [3.05, 3.63) is 53.2 Å². The molecule has 1 aromatic carbocycles. The van der Waals surface area contributed by atoms with Crippen LogP contribution in [0.2, 0.25) is 5.02 Å². The number of nitrogens with zero attached hydrogens (tertiary/aromatic N) is 1. The van der Waals surface area contributed by atoms with Crippen LogP contribution in [0, 0.1) is 0 Å². The average Bonchev–Trinajstić information content (AvgIpc) is 2.33. The molecule has 16 heavy (non-hydrogen) atoms. The topological polar surface area (TPSA) is 39.2 Å². The highest BCUT2D eigenvalue weighted by atomic mass is 35.5. The van der Waals surface area contributed by atoms with Crippen molar-refractivity contribution < 1.29 is 9.53 Å². The third-order valence-corrected chi connectivity index (χ3v) is 2.16. The lowest BCUT2D eigenvalue weighted by molar-refractivity contribution is 0.112. The van der Waals surface area contributed by atoms with Gasteiger partial charge in [-0.05, 0) is 30.3 Å². The first kappa shape index (κ1) is 10.6. The SMILES string of the molecule is O=Cc1ccc(Oc2ccc(Cl)cn2)cc1. The summed E-state index contributed by atoms with van der Waals surface area (Å²) >= 11 is 5.70. The molecule has 2 rings (SSSR count). The van der Waals surface area contributed by atoms with E-state index in [4.69, 9.17) is 16.3 Å². The van der Waals surface area contributed by atoms with Gasteiger partial charge in [-0.15, -0.1) is 0 Å². The van der Waals surface area contributed by atoms with E-state index in [9.17, 15) is 4.79 Å². The Morgan fingerprint density at radius 2 is 1.88 bits per heavy atom. The van der Waals surface area contributed by atoms with Gasteiger partial charge in [0.05, 0.1) is 5.02 Å². The molecule has 0 saturated heterocycles. The van der Waals surface area contributed by atoms with Gasteiger partial charge in [-0.1, -0.05) is 11.6 Å². The van der Waals surface area contributed by atoms with E-state index in [-0.39, 0.29) is 0 Å². The number of hydrogen-bond donors (Lipinski definition) is 0. The van der Waals surface area contributed by atoms with Crippen molar-refractivity contribution >= 4 is 17.9 Å². The van der Waals surface area contributed by atoms with Gasteiger partial charge in [0.1, 0.15) is 12.0 Å². The molecule has 4 heteroatoms. The van der Waals surface area contributed by atoms with Crippen LogP contribution < -0.4 is 4.74 Å². The fraction of sp³-hybridized carbons (Fsp3) is 0. The van der Waals surface area contributed by atoms with Crippen molar-refractivity contribution in [2.75, 3.05) is 0 Å². The highest BCUT2D eigenvalue weighted by molar-refractivity contribution is 6.30. The number of rotatable bonds is 3. The number of ether oxygens (including phenoxy) is 1. The van der Waals surface area contributed by atoms with Gasteiger partial charge in [-0.2, -0.15) is 0 Å². The minimum Gasteiger partial charge on any atom is -0.439 e. The van der Waals surface area contributed by atoms with Crippen molar-refractivity contribution in [2.45, 2.75) is 0 Å². The van der Waals surface area contributed by atoms with E-state index >= 15 is 0 Å². The molecule has 1 heterocycles. The second kappa shape index (κ2) is 4.77. The van der Waals surface area contributed by atoms with Crippen LogP contribution in [-0.2, 0) is 0 Å². The number of aromatic nitrogens is 1. The average molecular weight is 234 g/mol. The summed E-state index contributed by atoms with van der Waals surface area (Å²) in [5, 5.41) is 0.559. The molecule has 0 N–H and O–H groups in total. The Kier molecular flexibility index (Phi) is 3.17. The van der Waals surface area contributed by atoms with E-state index in [1.807, 2.05) is 0 Å². The van der Waals surface area contributed by atoms with Crippen LogP contribution in [0.3, 0.4) is 0 Å². The Bertz CT molecular complexity index is 479. The summed E-state index contributed by atoms with van der Waals surface area (Å²) in [7, 11) is 0. The molecule has 0 aliphatic heterocycles. The number of benzene rings is 1. The third kappa shape index (κ3) is 2.58. The maximum Gasteiger partial charge on any atom is 0.219 e. The van der Waals surface area contributed by atoms with Gasteiger partial charge in [0.2, 0.25) is 5.88 Å². The summed E-state index contributed by atoms with van der Waals surface area (Å²) in [5.41, 5.74) is 0.608. The van der Waals surface area contributed by atoms with Gasteiger partial charge >= 0.3 is 0 Å². The maximum absolute atomic E-state index is 10.4. The van der Waals surface area contributed by atoms with Gasteiger partial charge in [0, 0.05) is 17.8 Å². The molecule has 0 aliphatic rings. The normalized spacial score (nSPS) is 9.81. The molecule has 3 nitrogen and oxygen atoms in total. The summed E-state index contributed by atoms with van der Waals surface area (Å²) in [5.74, 6) is 1.09. The van der Waals surface area contributed by atoms with Crippen LogP contribution in [0.4, 0.5) is 0 Å². The van der Waals surface area contributed by atoms with Gasteiger partial charge < -0.3 is 4.74 Å². The predicted octanol–water partition coefficient (Wildman–Crippen LogP) is 3.34. The summed E-state index contributed by atoms with van der Waals surface area (Å²) in [6.45, 7) is 0. The third-order valence-electron chi connectivity index (χ3n) is 1.94. The Morgan fingerprint density at radius 1 is 1.12 bits per heavy atom. The van der Waals surface area contributed by atoms with Gasteiger partial charge in [0.15, 0.2) is 0 Å². The Labute approximate surface area is 97.7 Å². The van der Waals surface area contributed by atoms with Crippen LogP contribution in [-0.4, -0.2) is 11.3 Å². The molecule has 0 amide bonds. The molecule has 0 bridgehead atoms. The van der Waals surface area contributed by atoms with Crippen molar-refractivity contribution in [3.8, 4) is 11.6 Å². The smallest absolute Gasteiger partial charge is 0.219 e. The molecular weight excluding hydrogens is 226 g/mol. The molecule has 0 saturated carbocycles. The second-order valence-corrected chi connectivity index (χ2v) is 3.54. The minimum atomic E-state index is 0.461. The van der Waals surface area contributed by atoms with Crippen LogP contribution in [0.25, 0.3) is 0 Å². The van der Waals surface area contributed by atoms with E-state index in [1.54, 1.807) is 36.4 Å². The molecule has 0 aliphatic carbocycles. The molecule has 2 aromatic rings. The Hall–Kier alpha value is -1.87. The lowest BCUT2D eigenvalue weighted by atomic mass is 10.2. The zero-order valence-corrected chi connectivity index (χ0v) is 9.02. The number of halogens is 1. The van der Waals surface area contributed by atoms with E-state index in [1.165, 1.54) is 6.20 Å². The highest BCUT2D eigenvalue weighted by Crippen LogP contribution is 2.20. The van der Waals surface area contributed by atoms with E-state index < -0.39 is 0 Å². The zero-order chi connectivity index (χ0) is 11.4. The number of hydrogen-bond acceptors (Lipinski definition) is 3. The predicted molar refractivity (Wildman–Crippen MR) is 61.2 cm³/mol. The lowest BCUT2D eigenvalue weighted by Crippen LogP contribution is -1.87. The van der Waals surface area contributed by atoms with Crippen molar-refractivity contribution in [1.29, 1.82) is 0 Å². The standard InChI is InChI=1S/C12H8ClNO2/c13-10-3-6-12(14-7-10)16-11-4-1-9(8-15)2-5-11/h1-8H. The molecule has 0 atom stereocenters. The minimum absolute atomic E-state index is 0.461. The van der Waals surface area contributed by atoms with Crippen LogP contribution in [0.5, 0.6) is 11.6 Å². The molecule has 0 unspecified atom stereocenters.